The van der Waals surface area contributed by atoms with Gasteiger partial charge in [0, 0.05) is 5.92 Å². The Morgan fingerprint density at radius 2 is 1.64 bits per heavy atom. The van der Waals surface area contributed by atoms with Crippen LogP contribution in [0.3, 0.4) is 0 Å². The minimum absolute atomic E-state index is 0.00599. The largest absolute Gasteiger partial charge is 0.472 e. The zero-order valence-electron chi connectivity index (χ0n) is 22.6. The van der Waals surface area contributed by atoms with Crippen LogP contribution in [0.5, 0.6) is 0 Å². The van der Waals surface area contributed by atoms with Gasteiger partial charge in [0.25, 0.3) is 5.56 Å². The predicted octanol–water partition coefficient (Wildman–Crippen LogP) is -0.701. The van der Waals surface area contributed by atoms with Crippen molar-refractivity contribution in [1.29, 1.82) is 0 Å². The smallest absolute Gasteiger partial charge is 0.388 e. The quantitative estimate of drug-likeness (QED) is 0.143. The number of fused-ring (bicyclic) bond motifs is 4. The van der Waals surface area contributed by atoms with Gasteiger partial charge in [-0.1, -0.05) is 0 Å². The molecule has 242 valence electrons. The van der Waals surface area contributed by atoms with E-state index in [1.807, 2.05) is 0 Å². The summed E-state index contributed by atoms with van der Waals surface area (Å²) < 4.78 is 71.1. The van der Waals surface area contributed by atoms with Gasteiger partial charge in [0.05, 0.1) is 31.9 Å². The number of anilines is 2. The number of nitrogen functional groups attached to an aromatic ring is 2. The van der Waals surface area contributed by atoms with Crippen LogP contribution in [0.2, 0.25) is 0 Å². The molecule has 3 fully saturated rings. The number of halogens is 1. The molecule has 45 heavy (non-hydrogen) atoms. The summed E-state index contributed by atoms with van der Waals surface area (Å²) in [5, 5.41) is 11.2. The van der Waals surface area contributed by atoms with Gasteiger partial charge in [-0.15, -0.1) is 0 Å². The Morgan fingerprint density at radius 1 is 0.956 bits per heavy atom. The third-order valence-corrected chi connectivity index (χ3v) is 9.81. The molecule has 21 nitrogen and oxygen atoms in total. The molecule has 0 amide bonds. The predicted molar refractivity (Wildman–Crippen MR) is 146 cm³/mol. The third-order valence-electron chi connectivity index (χ3n) is 7.84. The highest BCUT2D eigenvalue weighted by atomic mass is 31.2. The molecule has 0 spiro atoms. The highest BCUT2D eigenvalue weighted by molar-refractivity contribution is 7.47. The minimum atomic E-state index is -5.05. The zero-order chi connectivity index (χ0) is 31.8. The molecule has 1 aliphatic carbocycles. The Morgan fingerprint density at radius 3 is 2.42 bits per heavy atom. The van der Waals surface area contributed by atoms with Crippen LogP contribution < -0.4 is 17.0 Å². The van der Waals surface area contributed by atoms with E-state index in [1.54, 1.807) is 0 Å². The van der Waals surface area contributed by atoms with Crippen molar-refractivity contribution in [2.24, 2.45) is 5.92 Å². The van der Waals surface area contributed by atoms with Crippen molar-refractivity contribution in [3.63, 3.8) is 0 Å². The van der Waals surface area contributed by atoms with E-state index in [0.717, 1.165) is 10.9 Å². The number of nitrogens with zero attached hydrogens (tertiary/aromatic N) is 7. The molecule has 4 aromatic heterocycles. The number of aromatic nitrogens is 8. The molecule has 7 rings (SSSR count). The number of aromatic amines is 1. The number of phosphoric acid groups is 2. The maximum atomic E-state index is 15.9. The van der Waals surface area contributed by atoms with Crippen LogP contribution in [-0.4, -0.2) is 97.7 Å². The number of ether oxygens (including phenoxy) is 1. The van der Waals surface area contributed by atoms with Gasteiger partial charge in [0.15, 0.2) is 35.0 Å². The number of hydrogen-bond acceptors (Lipinski definition) is 16. The number of alkyl halides is 1. The average molecular weight is 674 g/mol. The lowest BCUT2D eigenvalue weighted by Gasteiger charge is -2.28. The summed E-state index contributed by atoms with van der Waals surface area (Å²) >= 11 is 0. The lowest BCUT2D eigenvalue weighted by Crippen LogP contribution is -2.36. The van der Waals surface area contributed by atoms with Crippen molar-refractivity contribution < 1.29 is 51.2 Å². The van der Waals surface area contributed by atoms with Gasteiger partial charge in [-0.05, 0) is 6.42 Å². The van der Waals surface area contributed by atoms with Crippen LogP contribution in [0, 0.1) is 5.92 Å². The summed E-state index contributed by atoms with van der Waals surface area (Å²) in [5.41, 5.74) is 11.0. The molecule has 6 heterocycles. The normalized spacial score (nSPS) is 37.7. The van der Waals surface area contributed by atoms with Gasteiger partial charge in [0.2, 0.25) is 5.95 Å². The Balaban J connectivity index is 1.17. The summed E-state index contributed by atoms with van der Waals surface area (Å²) in [4.78, 5) is 55.7. The SMILES string of the molecule is Nc1nc2c(ncn2[C@@H]2C[C@@H]3COP(=O)(O)OC4[C@@H](F)[C@H](n5cnc6c(N)ncnc65)O[C@@H]4COP(=O)(O)O[C@@H]3C2O)c(=O)[nH]1. The second kappa shape index (κ2) is 10.8. The Kier molecular flexibility index (Phi) is 7.28. The maximum Gasteiger partial charge on any atom is 0.472 e. The van der Waals surface area contributed by atoms with Gasteiger partial charge in [-0.25, -0.2) is 33.5 Å². The highest BCUT2D eigenvalue weighted by Crippen LogP contribution is 2.55. The molecule has 4 unspecified atom stereocenters. The molecule has 8 N–H and O–H groups in total. The molecule has 3 aliphatic rings. The Labute approximate surface area is 249 Å². The van der Waals surface area contributed by atoms with Gasteiger partial charge in [-0.3, -0.25) is 32.4 Å². The monoisotopic (exact) mass is 674 g/mol. The van der Waals surface area contributed by atoms with Gasteiger partial charge in [-0.2, -0.15) is 4.98 Å². The number of imidazole rings is 2. The highest BCUT2D eigenvalue weighted by Gasteiger charge is 2.54. The topological polar surface area (TPSA) is 300 Å². The van der Waals surface area contributed by atoms with E-state index >= 15 is 4.39 Å². The molecular weight excluding hydrogens is 649 g/mol. The number of phosphoric ester groups is 2. The van der Waals surface area contributed by atoms with Crippen molar-refractivity contribution in [3.05, 3.63) is 29.3 Å². The van der Waals surface area contributed by atoms with Gasteiger partial charge < -0.3 is 35.7 Å². The number of aliphatic hydroxyl groups excluding tert-OH is 1. The van der Waals surface area contributed by atoms with E-state index < -0.39 is 83.2 Å². The summed E-state index contributed by atoms with van der Waals surface area (Å²) in [6.07, 6.45) is -6.76. The van der Waals surface area contributed by atoms with E-state index in [1.165, 1.54) is 17.2 Å². The Hall–Kier alpha value is -3.43. The number of nitrogens with one attached hydrogen (secondary N) is 1. The van der Waals surface area contributed by atoms with Crippen molar-refractivity contribution in [3.8, 4) is 0 Å². The summed E-state index contributed by atoms with van der Waals surface area (Å²) in [6, 6.07) is -0.979. The van der Waals surface area contributed by atoms with Crippen LogP contribution in [0.4, 0.5) is 16.2 Å². The standard InChI is InChI=1S/C21H25FN10O11P2/c22-10-15-9(41-20(10)32-6-27-11-16(23)25-4-26-17(11)32)3-40-45(37,38)42-14-7(2-39-44(35,36)43-15)1-8(13(14)33)31-5-28-12-18(31)29-21(24)30-19(12)34/h4-10,13-15,20,33H,1-3H2,(H,35,36)(H,37,38)(H2,23,25,26)(H3,24,29,30,34)/t7-,8-,9-,10-,13?,14+,15?,20-/m1/s1. The molecule has 0 aromatic carbocycles. The third kappa shape index (κ3) is 5.31. The molecule has 24 heteroatoms. The number of rotatable bonds is 2. The van der Waals surface area contributed by atoms with Crippen LogP contribution >= 0.6 is 15.6 Å². The number of hydrogen-bond donors (Lipinski definition) is 6. The van der Waals surface area contributed by atoms with Crippen LogP contribution in [0.1, 0.15) is 18.7 Å². The number of H-pyrrole nitrogens is 1. The molecule has 2 saturated heterocycles. The fourth-order valence-electron chi connectivity index (χ4n) is 5.82. The fraction of sp³-hybridized carbons (Fsp3) is 0.524. The second-order valence-corrected chi connectivity index (χ2v) is 13.4. The van der Waals surface area contributed by atoms with E-state index in [9.17, 15) is 28.8 Å². The molecular formula is C21H25FN10O11P2. The number of aliphatic hydroxyl groups is 1. The van der Waals surface area contributed by atoms with E-state index in [2.05, 4.69) is 29.9 Å². The first-order valence-corrected chi connectivity index (χ1v) is 16.3. The van der Waals surface area contributed by atoms with Crippen molar-refractivity contribution >= 4 is 49.7 Å². The van der Waals surface area contributed by atoms with Gasteiger partial charge >= 0.3 is 15.6 Å². The number of nitrogens with two attached hydrogens (primary N) is 2. The first kappa shape index (κ1) is 30.2. The lowest BCUT2D eigenvalue weighted by atomic mass is 10.1. The summed E-state index contributed by atoms with van der Waals surface area (Å²) in [5.74, 6) is -1.24. The first-order valence-electron chi connectivity index (χ1n) is 13.3. The van der Waals surface area contributed by atoms with Crippen molar-refractivity contribution in [2.75, 3.05) is 24.7 Å². The molecule has 4 aromatic rings. The van der Waals surface area contributed by atoms with Gasteiger partial charge in [0.1, 0.15) is 36.3 Å². The average Bonchev–Trinajstić information content (AvgIpc) is 3.72. The lowest BCUT2D eigenvalue weighted by molar-refractivity contribution is -0.0592. The summed E-state index contributed by atoms with van der Waals surface area (Å²) in [6.45, 7) is -1.51. The summed E-state index contributed by atoms with van der Waals surface area (Å²) in [7, 11) is -10.1. The maximum absolute atomic E-state index is 15.9. The second-order valence-electron chi connectivity index (χ2n) is 10.6. The first-order chi connectivity index (χ1) is 21.3. The molecule has 0 radical (unpaired) electrons. The molecule has 0 bridgehead atoms. The van der Waals surface area contributed by atoms with Crippen LogP contribution in [-0.2, 0) is 32.0 Å². The minimum Gasteiger partial charge on any atom is -0.388 e. The molecule has 1 saturated carbocycles. The Bertz CT molecular complexity index is 1940. The van der Waals surface area contributed by atoms with Crippen LogP contribution in [0.25, 0.3) is 22.3 Å². The molecule has 2 aliphatic heterocycles. The van der Waals surface area contributed by atoms with Crippen molar-refractivity contribution in [2.45, 2.75) is 49.3 Å². The zero-order valence-corrected chi connectivity index (χ0v) is 24.4. The van der Waals surface area contributed by atoms with E-state index in [-0.39, 0.29) is 40.5 Å². The fourth-order valence-corrected chi connectivity index (χ4v) is 7.82. The van der Waals surface area contributed by atoms with Crippen molar-refractivity contribution in [1.82, 2.24) is 39.0 Å². The van der Waals surface area contributed by atoms with E-state index in [0.29, 0.717) is 0 Å². The van der Waals surface area contributed by atoms with E-state index in [4.69, 9.17) is 34.3 Å². The molecule has 10 atom stereocenters. The van der Waals surface area contributed by atoms with Crippen LogP contribution in [0.15, 0.2) is 23.8 Å².